The topological polar surface area (TPSA) is 170 Å². The van der Waals surface area contributed by atoms with Crippen molar-refractivity contribution in [2.75, 3.05) is 52.7 Å². The van der Waals surface area contributed by atoms with Crippen LogP contribution in [0.5, 0.6) is 0 Å². The van der Waals surface area contributed by atoms with E-state index in [4.69, 9.17) is 14.2 Å². The van der Waals surface area contributed by atoms with Gasteiger partial charge in [-0.15, -0.1) is 0 Å². The maximum absolute atomic E-state index is 12.0. The summed E-state index contributed by atoms with van der Waals surface area (Å²) in [5.41, 5.74) is 0. The minimum absolute atomic E-state index is 0.130. The smallest absolute Gasteiger partial charge is 0.326 e. The van der Waals surface area contributed by atoms with E-state index in [0.717, 1.165) is 0 Å². The highest BCUT2D eigenvalue weighted by Crippen LogP contribution is 2.15. The van der Waals surface area contributed by atoms with Crippen molar-refractivity contribution >= 4 is 23.8 Å². The van der Waals surface area contributed by atoms with Gasteiger partial charge in [0, 0.05) is 63.9 Å². The molecule has 13 heteroatoms. The summed E-state index contributed by atoms with van der Waals surface area (Å²) in [7, 11) is 0. The Labute approximate surface area is 239 Å². The van der Waals surface area contributed by atoms with Gasteiger partial charge in [-0.1, -0.05) is 0 Å². The molecule has 0 saturated carbocycles. The maximum atomic E-state index is 12.0. The summed E-state index contributed by atoms with van der Waals surface area (Å²) in [5, 5.41) is 24.2. The van der Waals surface area contributed by atoms with Gasteiger partial charge in [0.05, 0.1) is 26.4 Å². The molecule has 0 aromatic carbocycles. The summed E-state index contributed by atoms with van der Waals surface area (Å²) < 4.78 is 19.5. The Morgan fingerprint density at radius 3 is 1.27 bits per heavy atom. The zero-order valence-corrected chi connectivity index (χ0v) is 23.3. The van der Waals surface area contributed by atoms with E-state index in [1.54, 1.807) is 58.2 Å². The lowest BCUT2D eigenvalue weighted by Crippen LogP contribution is -2.27. The van der Waals surface area contributed by atoms with E-state index >= 15 is 0 Å². The van der Waals surface area contributed by atoms with E-state index in [1.165, 1.54) is 0 Å². The molecule has 2 heterocycles. The quantitative estimate of drug-likeness (QED) is 0.136. The highest BCUT2D eigenvalue weighted by atomic mass is 16.5. The van der Waals surface area contributed by atoms with Crippen molar-refractivity contribution in [1.29, 1.82) is 0 Å². The molecule has 2 rings (SSSR count). The third kappa shape index (κ3) is 14.5. The zero-order valence-electron chi connectivity index (χ0n) is 23.3. The number of aliphatic carboxylic acids is 2. The minimum atomic E-state index is -0.966. The van der Waals surface area contributed by atoms with Crippen LogP contribution in [0, 0.1) is 0 Å². The third-order valence-corrected chi connectivity index (χ3v) is 6.15. The van der Waals surface area contributed by atoms with Crippen LogP contribution in [0.3, 0.4) is 0 Å². The number of carbonyl (C=O) groups excluding carboxylic acids is 2. The lowest BCUT2D eigenvalue weighted by atomic mass is 10.1. The molecule has 41 heavy (non-hydrogen) atoms. The summed E-state index contributed by atoms with van der Waals surface area (Å²) in [5.74, 6) is -2.31. The Balaban J connectivity index is 1.33. The van der Waals surface area contributed by atoms with Crippen LogP contribution in [-0.4, -0.2) is 95.8 Å². The number of rotatable bonds is 24. The molecule has 0 aliphatic carbocycles. The monoisotopic (exact) mass is 578 g/mol. The fourth-order valence-corrected chi connectivity index (χ4v) is 3.97. The van der Waals surface area contributed by atoms with Crippen LogP contribution in [-0.2, 0) is 33.4 Å². The second kappa shape index (κ2) is 20.2. The Morgan fingerprint density at radius 2 is 0.927 bits per heavy atom. The minimum Gasteiger partial charge on any atom is -0.480 e. The lowest BCUT2D eigenvalue weighted by Gasteiger charge is -2.14. The van der Waals surface area contributed by atoms with Gasteiger partial charge in [0.1, 0.15) is 12.1 Å². The number of nitrogens with zero attached hydrogens (tertiary/aromatic N) is 2. The highest BCUT2D eigenvalue weighted by molar-refractivity contribution is 5.78. The average Bonchev–Trinajstić information content (AvgIpc) is 3.66. The van der Waals surface area contributed by atoms with Gasteiger partial charge < -0.3 is 44.2 Å². The summed E-state index contributed by atoms with van der Waals surface area (Å²) in [6, 6.07) is 5.48. The van der Waals surface area contributed by atoms with Crippen LogP contribution in [0.1, 0.15) is 50.6 Å². The van der Waals surface area contributed by atoms with Gasteiger partial charge in [-0.2, -0.15) is 0 Å². The van der Waals surface area contributed by atoms with E-state index in [2.05, 4.69) is 10.6 Å². The molecule has 2 aromatic heterocycles. The Bertz CT molecular complexity index is 932. The van der Waals surface area contributed by atoms with Gasteiger partial charge in [-0.25, -0.2) is 9.59 Å². The molecule has 0 spiro atoms. The first kappa shape index (κ1) is 33.5. The fourth-order valence-electron chi connectivity index (χ4n) is 3.97. The van der Waals surface area contributed by atoms with Crippen molar-refractivity contribution in [2.45, 2.75) is 50.6 Å². The number of nitrogens with one attached hydrogen (secondary N) is 2. The second-order valence-electron chi connectivity index (χ2n) is 9.29. The van der Waals surface area contributed by atoms with E-state index < -0.39 is 24.0 Å². The first-order chi connectivity index (χ1) is 19.9. The average molecular weight is 579 g/mol. The Morgan fingerprint density at radius 1 is 0.585 bits per heavy atom. The van der Waals surface area contributed by atoms with E-state index in [0.29, 0.717) is 65.6 Å². The Kier molecular flexibility index (Phi) is 16.5. The van der Waals surface area contributed by atoms with E-state index in [1.807, 2.05) is 0 Å². The number of carbonyl (C=O) groups is 4. The molecule has 0 bridgehead atoms. The van der Waals surface area contributed by atoms with Gasteiger partial charge in [0.2, 0.25) is 11.8 Å². The van der Waals surface area contributed by atoms with Crippen LogP contribution >= 0.6 is 0 Å². The molecule has 2 aromatic rings. The molecule has 0 aliphatic rings. The van der Waals surface area contributed by atoms with Crippen LogP contribution in [0.15, 0.2) is 49.1 Å². The number of carboxylic acids is 2. The highest BCUT2D eigenvalue weighted by Gasteiger charge is 2.20. The summed E-state index contributed by atoms with van der Waals surface area (Å²) in [6.07, 6.45) is 8.66. The SMILES string of the molecule is O=C(CC[C@@H](C(=O)O)n1cccc1)NCCCOCCOCCOCCCNC(=O)CC[C@@H](C(=O)O)n1cccc1. The third-order valence-electron chi connectivity index (χ3n) is 6.15. The van der Waals surface area contributed by atoms with Crippen molar-refractivity contribution in [3.63, 3.8) is 0 Å². The number of amides is 2. The van der Waals surface area contributed by atoms with Crippen molar-refractivity contribution in [1.82, 2.24) is 19.8 Å². The zero-order chi connectivity index (χ0) is 29.7. The predicted octanol–water partition coefficient (Wildman–Crippen LogP) is 1.86. The van der Waals surface area contributed by atoms with Gasteiger partial charge in [-0.05, 0) is 49.9 Å². The van der Waals surface area contributed by atoms with E-state index in [9.17, 15) is 29.4 Å². The van der Waals surface area contributed by atoms with Crippen LogP contribution in [0.25, 0.3) is 0 Å². The number of ether oxygens (including phenoxy) is 3. The summed E-state index contributed by atoms with van der Waals surface area (Å²) in [4.78, 5) is 46.7. The van der Waals surface area contributed by atoms with Crippen molar-refractivity contribution in [3.05, 3.63) is 49.1 Å². The summed E-state index contributed by atoms with van der Waals surface area (Å²) >= 11 is 0. The first-order valence-electron chi connectivity index (χ1n) is 13.9. The summed E-state index contributed by atoms with van der Waals surface area (Å²) in [6.45, 7) is 3.52. The van der Waals surface area contributed by atoms with Gasteiger partial charge in [0.15, 0.2) is 0 Å². The molecule has 0 unspecified atom stereocenters. The molecule has 228 valence electrons. The van der Waals surface area contributed by atoms with Gasteiger partial charge in [0.25, 0.3) is 0 Å². The second-order valence-corrected chi connectivity index (χ2v) is 9.29. The molecule has 2 amide bonds. The molecule has 4 N–H and O–H groups in total. The molecular formula is C28H42N4O9. The molecule has 2 atom stereocenters. The molecule has 0 saturated heterocycles. The van der Waals surface area contributed by atoms with Gasteiger partial charge in [-0.3, -0.25) is 9.59 Å². The molecular weight excluding hydrogens is 536 g/mol. The number of aromatic nitrogens is 2. The fraction of sp³-hybridized carbons (Fsp3) is 0.571. The van der Waals surface area contributed by atoms with Gasteiger partial charge >= 0.3 is 11.9 Å². The number of hydrogen-bond acceptors (Lipinski definition) is 7. The standard InChI is InChI=1S/C28H42N4O9/c33-25(9-7-23(27(35)36)31-13-1-2-14-31)29-11-5-17-39-19-21-41-22-20-40-18-6-12-30-26(34)10-8-24(28(37)38)32-15-3-4-16-32/h1-4,13-16,23-24H,5-12,17-22H2,(H,29,33)(H,30,34)(H,35,36)(H,37,38)/t23-,24-/m0/s1. The number of hydrogen-bond donors (Lipinski definition) is 4. The normalized spacial score (nSPS) is 12.5. The predicted molar refractivity (Wildman–Crippen MR) is 148 cm³/mol. The van der Waals surface area contributed by atoms with Crippen molar-refractivity contribution < 1.29 is 43.6 Å². The Hall–Kier alpha value is -3.68. The van der Waals surface area contributed by atoms with Crippen LogP contribution in [0.4, 0.5) is 0 Å². The molecule has 0 fully saturated rings. The maximum Gasteiger partial charge on any atom is 0.326 e. The molecule has 0 radical (unpaired) electrons. The first-order valence-corrected chi connectivity index (χ1v) is 13.9. The number of carboxylic acid groups (broad SMARTS) is 2. The van der Waals surface area contributed by atoms with Crippen molar-refractivity contribution in [2.24, 2.45) is 0 Å². The van der Waals surface area contributed by atoms with Crippen LogP contribution < -0.4 is 10.6 Å². The molecule has 0 aliphatic heterocycles. The lowest BCUT2D eigenvalue weighted by molar-refractivity contribution is -0.142. The van der Waals surface area contributed by atoms with Crippen LogP contribution in [0.2, 0.25) is 0 Å². The van der Waals surface area contributed by atoms with Crippen molar-refractivity contribution in [3.8, 4) is 0 Å². The molecule has 13 nitrogen and oxygen atoms in total. The van der Waals surface area contributed by atoms with E-state index in [-0.39, 0.29) is 37.5 Å². The largest absolute Gasteiger partial charge is 0.480 e.